The minimum atomic E-state index is -0.213. The predicted molar refractivity (Wildman–Crippen MR) is 88.2 cm³/mol. The molecule has 0 aliphatic heterocycles. The van der Waals surface area contributed by atoms with Gasteiger partial charge in [-0.05, 0) is 32.4 Å². The minimum Gasteiger partial charge on any atom is -0.335 e. The number of aryl methyl sites for hydroxylation is 1. The zero-order chi connectivity index (χ0) is 16.1. The van der Waals surface area contributed by atoms with Gasteiger partial charge in [0, 0.05) is 17.8 Å². The van der Waals surface area contributed by atoms with Crippen LogP contribution in [0.25, 0.3) is 5.69 Å². The first kappa shape index (κ1) is 15.8. The van der Waals surface area contributed by atoms with Gasteiger partial charge in [-0.15, -0.1) is 6.58 Å². The molecule has 0 saturated carbocycles. The number of nitrogens with one attached hydrogen (secondary N) is 2. The van der Waals surface area contributed by atoms with Crippen molar-refractivity contribution in [2.75, 3.05) is 6.54 Å². The summed E-state index contributed by atoms with van der Waals surface area (Å²) in [5.41, 5.74) is 4.22. The lowest BCUT2D eigenvalue weighted by Crippen LogP contribution is -2.37. The topological polar surface area (TPSA) is 59.0 Å². The number of aromatic nitrogens is 2. The van der Waals surface area contributed by atoms with Crippen molar-refractivity contribution in [2.24, 2.45) is 0 Å². The highest BCUT2D eigenvalue weighted by Crippen LogP contribution is 2.21. The van der Waals surface area contributed by atoms with Gasteiger partial charge in [0.2, 0.25) is 0 Å². The van der Waals surface area contributed by atoms with Crippen molar-refractivity contribution in [1.29, 1.82) is 0 Å². The first-order valence-corrected chi connectivity index (χ1v) is 7.30. The van der Waals surface area contributed by atoms with Crippen molar-refractivity contribution in [3.8, 4) is 5.69 Å². The van der Waals surface area contributed by atoms with Gasteiger partial charge in [0.05, 0.1) is 17.9 Å². The molecule has 116 valence electrons. The molecule has 22 heavy (non-hydrogen) atoms. The largest absolute Gasteiger partial charge is 0.335 e. The molecule has 2 rings (SSSR count). The molecular formula is C17H22N4O. The number of carbonyl (C=O) groups excluding carboxylic acids is 1. The molecule has 1 unspecified atom stereocenters. The molecular weight excluding hydrogens is 276 g/mol. The summed E-state index contributed by atoms with van der Waals surface area (Å²) in [4.78, 5) is 11.7. The van der Waals surface area contributed by atoms with Crippen LogP contribution < -0.4 is 10.6 Å². The summed E-state index contributed by atoms with van der Waals surface area (Å²) in [6.07, 6.45) is 3.45. The van der Waals surface area contributed by atoms with E-state index in [1.165, 1.54) is 0 Å². The van der Waals surface area contributed by atoms with Gasteiger partial charge in [-0.1, -0.05) is 24.3 Å². The van der Waals surface area contributed by atoms with Gasteiger partial charge in [-0.3, -0.25) is 0 Å². The molecule has 0 bridgehead atoms. The maximum absolute atomic E-state index is 11.7. The van der Waals surface area contributed by atoms with Gasteiger partial charge >= 0.3 is 6.03 Å². The van der Waals surface area contributed by atoms with E-state index in [2.05, 4.69) is 35.3 Å². The molecule has 2 aromatic rings. The van der Waals surface area contributed by atoms with E-state index in [1.807, 2.05) is 36.7 Å². The number of carbonyl (C=O) groups is 1. The van der Waals surface area contributed by atoms with Gasteiger partial charge < -0.3 is 10.6 Å². The van der Waals surface area contributed by atoms with Crippen molar-refractivity contribution < 1.29 is 4.79 Å². The zero-order valence-corrected chi connectivity index (χ0v) is 13.3. The van der Waals surface area contributed by atoms with Crippen LogP contribution in [0, 0.1) is 13.8 Å². The Morgan fingerprint density at radius 1 is 1.41 bits per heavy atom. The fourth-order valence-electron chi connectivity index (χ4n) is 2.38. The van der Waals surface area contributed by atoms with E-state index in [-0.39, 0.29) is 12.1 Å². The number of rotatable bonds is 5. The standard InChI is InChI=1S/C17H22N4O/c1-5-10-18-17(22)20-13(3)15-11-19-21(14(15)4)16-9-7-6-8-12(16)2/h5-9,11,13H,1,10H2,2-4H3,(H2,18,20,22). The molecule has 2 amide bonds. The number of para-hydroxylation sites is 1. The molecule has 5 heteroatoms. The van der Waals surface area contributed by atoms with E-state index in [1.54, 1.807) is 12.3 Å². The van der Waals surface area contributed by atoms with Crippen molar-refractivity contribution in [1.82, 2.24) is 20.4 Å². The highest BCUT2D eigenvalue weighted by Gasteiger charge is 2.16. The van der Waals surface area contributed by atoms with Crippen LogP contribution in [-0.2, 0) is 0 Å². The van der Waals surface area contributed by atoms with Gasteiger partial charge in [-0.2, -0.15) is 5.10 Å². The van der Waals surface area contributed by atoms with E-state index in [9.17, 15) is 4.79 Å². The SMILES string of the molecule is C=CCNC(=O)NC(C)c1cnn(-c2ccccc2C)c1C. The Morgan fingerprint density at radius 2 is 2.14 bits per heavy atom. The lowest BCUT2D eigenvalue weighted by Gasteiger charge is -2.15. The summed E-state index contributed by atoms with van der Waals surface area (Å²) >= 11 is 0. The molecule has 0 spiro atoms. The molecule has 2 N–H and O–H groups in total. The lowest BCUT2D eigenvalue weighted by atomic mass is 10.1. The second-order valence-electron chi connectivity index (χ2n) is 5.25. The number of amides is 2. The molecule has 5 nitrogen and oxygen atoms in total. The molecule has 1 atom stereocenters. The Hall–Kier alpha value is -2.56. The van der Waals surface area contributed by atoms with Crippen molar-refractivity contribution in [3.05, 3.63) is 59.9 Å². The highest BCUT2D eigenvalue weighted by molar-refractivity contribution is 5.74. The number of hydrogen-bond acceptors (Lipinski definition) is 2. The van der Waals surface area contributed by atoms with Crippen molar-refractivity contribution in [2.45, 2.75) is 26.8 Å². The average Bonchev–Trinajstić information content (AvgIpc) is 2.87. The minimum absolute atomic E-state index is 0.123. The third-order valence-corrected chi connectivity index (χ3v) is 3.61. The predicted octanol–water partition coefficient (Wildman–Crippen LogP) is 3.04. The first-order chi connectivity index (χ1) is 10.5. The van der Waals surface area contributed by atoms with Crippen LogP contribution in [0.2, 0.25) is 0 Å². The Balaban J connectivity index is 2.19. The maximum Gasteiger partial charge on any atom is 0.315 e. The third kappa shape index (κ3) is 3.36. The van der Waals surface area contributed by atoms with Gasteiger partial charge in [0.25, 0.3) is 0 Å². The van der Waals surface area contributed by atoms with Crippen LogP contribution in [0.5, 0.6) is 0 Å². The Labute approximate surface area is 131 Å². The molecule has 0 saturated heterocycles. The molecule has 1 aromatic heterocycles. The Morgan fingerprint density at radius 3 is 2.82 bits per heavy atom. The van der Waals surface area contributed by atoms with E-state index in [0.717, 1.165) is 22.5 Å². The second-order valence-corrected chi connectivity index (χ2v) is 5.25. The summed E-state index contributed by atoms with van der Waals surface area (Å²) in [7, 11) is 0. The van der Waals surface area contributed by atoms with Gasteiger partial charge in [-0.25, -0.2) is 9.48 Å². The van der Waals surface area contributed by atoms with E-state index < -0.39 is 0 Å². The Bertz CT molecular complexity index is 675. The fraction of sp³-hybridized carbons (Fsp3) is 0.294. The smallest absolute Gasteiger partial charge is 0.315 e. The molecule has 1 aromatic carbocycles. The first-order valence-electron chi connectivity index (χ1n) is 7.30. The van der Waals surface area contributed by atoms with Gasteiger partial charge in [0.15, 0.2) is 0 Å². The average molecular weight is 298 g/mol. The third-order valence-electron chi connectivity index (χ3n) is 3.61. The van der Waals surface area contributed by atoms with Crippen LogP contribution in [0.3, 0.4) is 0 Å². The normalized spacial score (nSPS) is 11.8. The molecule has 0 aliphatic rings. The lowest BCUT2D eigenvalue weighted by molar-refractivity contribution is 0.239. The Kier molecular flexibility index (Phi) is 4.99. The summed E-state index contributed by atoms with van der Waals surface area (Å²) in [6, 6.07) is 7.76. The molecule has 0 radical (unpaired) electrons. The van der Waals surface area contributed by atoms with Crippen LogP contribution in [0.15, 0.2) is 43.1 Å². The quantitative estimate of drug-likeness (QED) is 0.834. The summed E-state index contributed by atoms with van der Waals surface area (Å²) in [6.45, 7) is 10.0. The molecule has 0 fully saturated rings. The number of nitrogens with zero attached hydrogens (tertiary/aromatic N) is 2. The van der Waals surface area contributed by atoms with Crippen molar-refractivity contribution in [3.63, 3.8) is 0 Å². The summed E-state index contributed by atoms with van der Waals surface area (Å²) in [5, 5.41) is 10.1. The maximum atomic E-state index is 11.7. The monoisotopic (exact) mass is 298 g/mol. The second kappa shape index (κ2) is 6.93. The summed E-state index contributed by atoms with van der Waals surface area (Å²) in [5.74, 6) is 0. The van der Waals surface area contributed by atoms with Crippen LogP contribution in [0.4, 0.5) is 4.79 Å². The van der Waals surface area contributed by atoms with Crippen LogP contribution in [-0.4, -0.2) is 22.4 Å². The van der Waals surface area contributed by atoms with E-state index >= 15 is 0 Å². The number of urea groups is 1. The summed E-state index contributed by atoms with van der Waals surface area (Å²) < 4.78 is 1.91. The number of hydrogen-bond donors (Lipinski definition) is 2. The highest BCUT2D eigenvalue weighted by atomic mass is 16.2. The van der Waals surface area contributed by atoms with E-state index in [0.29, 0.717) is 6.54 Å². The zero-order valence-electron chi connectivity index (χ0n) is 13.3. The molecule has 1 heterocycles. The van der Waals surface area contributed by atoms with Crippen LogP contribution >= 0.6 is 0 Å². The van der Waals surface area contributed by atoms with Gasteiger partial charge in [0.1, 0.15) is 0 Å². The van der Waals surface area contributed by atoms with E-state index in [4.69, 9.17) is 0 Å². The van der Waals surface area contributed by atoms with Crippen molar-refractivity contribution >= 4 is 6.03 Å². The fourth-order valence-corrected chi connectivity index (χ4v) is 2.38. The number of benzene rings is 1. The molecule has 0 aliphatic carbocycles. The van der Waals surface area contributed by atoms with Crippen LogP contribution in [0.1, 0.15) is 29.8 Å².